The first-order chi connectivity index (χ1) is 12.7. The van der Waals surface area contributed by atoms with E-state index in [9.17, 15) is 5.11 Å². The number of hydrogen-bond acceptors (Lipinski definition) is 4. The van der Waals surface area contributed by atoms with Gasteiger partial charge in [0.1, 0.15) is 11.9 Å². The number of aryl methyl sites for hydroxylation is 1. The van der Waals surface area contributed by atoms with Crippen LogP contribution in [-0.2, 0) is 13.6 Å². The first-order valence-electron chi connectivity index (χ1n) is 9.15. The molecule has 4 rings (SSSR count). The number of nitrogens with zero attached hydrogens (tertiary/aromatic N) is 5. The highest BCUT2D eigenvalue weighted by molar-refractivity contribution is 5.34. The minimum Gasteiger partial charge on any atom is -0.385 e. The summed E-state index contributed by atoms with van der Waals surface area (Å²) in [6, 6.07) is 8.64. The first kappa shape index (κ1) is 17.0. The molecule has 0 saturated carbocycles. The molecule has 6 heteroatoms. The Balaban J connectivity index is 1.32. The number of hydrogen-bond donors (Lipinski definition) is 1. The predicted molar refractivity (Wildman–Crippen MR) is 99.7 cm³/mol. The lowest BCUT2D eigenvalue weighted by Crippen LogP contribution is -2.35. The molecule has 0 spiro atoms. The summed E-state index contributed by atoms with van der Waals surface area (Å²) >= 11 is 0. The Morgan fingerprint density at radius 1 is 1.12 bits per heavy atom. The van der Waals surface area contributed by atoms with Crippen molar-refractivity contribution in [1.82, 2.24) is 24.0 Å². The van der Waals surface area contributed by atoms with Crippen LogP contribution in [0.4, 0.5) is 0 Å². The quantitative estimate of drug-likeness (QED) is 0.767. The molecule has 1 fully saturated rings. The maximum absolute atomic E-state index is 10.6. The van der Waals surface area contributed by atoms with E-state index in [2.05, 4.69) is 39.1 Å². The van der Waals surface area contributed by atoms with E-state index in [4.69, 9.17) is 0 Å². The van der Waals surface area contributed by atoms with Crippen molar-refractivity contribution < 1.29 is 5.11 Å². The molecule has 0 aliphatic carbocycles. The standard InChI is InChI=1S/C20H25N5O/c1-23-12-9-22-20(23)19(26)17-6-10-24(11-7-17)14-16-2-4-18(5-3-16)25-13-8-21-15-25/h2-5,8-9,12-13,15,17,19,26H,6-7,10-11,14H2,1H3/t19-/m1/s1. The van der Waals surface area contributed by atoms with Crippen molar-refractivity contribution in [2.45, 2.75) is 25.5 Å². The van der Waals surface area contributed by atoms with Crippen molar-refractivity contribution in [3.8, 4) is 5.69 Å². The lowest BCUT2D eigenvalue weighted by Gasteiger charge is -2.34. The van der Waals surface area contributed by atoms with E-state index >= 15 is 0 Å². The molecule has 0 bridgehead atoms. The summed E-state index contributed by atoms with van der Waals surface area (Å²) in [4.78, 5) is 10.9. The molecule has 1 saturated heterocycles. The molecule has 1 aliphatic heterocycles. The highest BCUT2D eigenvalue weighted by Crippen LogP contribution is 2.30. The Hall–Kier alpha value is -2.44. The van der Waals surface area contributed by atoms with Crippen LogP contribution in [0, 0.1) is 5.92 Å². The van der Waals surface area contributed by atoms with E-state index < -0.39 is 6.10 Å². The van der Waals surface area contributed by atoms with Gasteiger partial charge < -0.3 is 14.2 Å². The fraction of sp³-hybridized carbons (Fsp3) is 0.400. The maximum Gasteiger partial charge on any atom is 0.137 e. The summed E-state index contributed by atoms with van der Waals surface area (Å²) < 4.78 is 3.92. The van der Waals surface area contributed by atoms with Crippen molar-refractivity contribution in [2.75, 3.05) is 13.1 Å². The molecule has 6 nitrogen and oxygen atoms in total. The van der Waals surface area contributed by atoms with Crippen LogP contribution >= 0.6 is 0 Å². The predicted octanol–water partition coefficient (Wildman–Crippen LogP) is 2.55. The molecule has 1 aliphatic rings. The number of piperidine rings is 1. The Kier molecular flexibility index (Phi) is 4.86. The topological polar surface area (TPSA) is 59.1 Å². The minimum atomic E-state index is -0.466. The third kappa shape index (κ3) is 3.57. The lowest BCUT2D eigenvalue weighted by molar-refractivity contribution is 0.0492. The summed E-state index contributed by atoms with van der Waals surface area (Å²) in [6.45, 7) is 2.97. The van der Waals surface area contributed by atoms with Crippen molar-refractivity contribution in [2.24, 2.45) is 13.0 Å². The van der Waals surface area contributed by atoms with Gasteiger partial charge in [0.25, 0.3) is 0 Å². The molecular formula is C20H25N5O. The molecule has 0 radical (unpaired) electrons. The molecule has 0 amide bonds. The second-order valence-electron chi connectivity index (χ2n) is 7.09. The zero-order chi connectivity index (χ0) is 17.9. The Morgan fingerprint density at radius 3 is 2.50 bits per heavy atom. The second kappa shape index (κ2) is 7.43. The van der Waals surface area contributed by atoms with Gasteiger partial charge in [-0.05, 0) is 49.5 Å². The largest absolute Gasteiger partial charge is 0.385 e. The molecule has 1 N–H and O–H groups in total. The Morgan fingerprint density at radius 2 is 1.88 bits per heavy atom. The number of aliphatic hydroxyl groups is 1. The minimum absolute atomic E-state index is 0.288. The van der Waals surface area contributed by atoms with E-state index in [1.54, 1.807) is 12.4 Å². The molecule has 1 aromatic carbocycles. The fourth-order valence-electron chi connectivity index (χ4n) is 3.74. The first-order valence-corrected chi connectivity index (χ1v) is 9.15. The van der Waals surface area contributed by atoms with Crippen LogP contribution in [0.15, 0.2) is 55.4 Å². The summed E-state index contributed by atoms with van der Waals surface area (Å²) in [5, 5.41) is 10.6. The van der Waals surface area contributed by atoms with E-state index in [1.165, 1.54) is 5.56 Å². The van der Waals surface area contributed by atoms with Gasteiger partial charge in [-0.15, -0.1) is 0 Å². The normalized spacial score (nSPS) is 17.5. The smallest absolute Gasteiger partial charge is 0.137 e. The molecule has 0 unspecified atom stereocenters. The summed E-state index contributed by atoms with van der Waals surface area (Å²) in [5.41, 5.74) is 2.44. The van der Waals surface area contributed by atoms with Gasteiger partial charge in [0.2, 0.25) is 0 Å². The third-order valence-electron chi connectivity index (χ3n) is 5.35. The SMILES string of the molecule is Cn1ccnc1[C@H](O)C1CCN(Cc2ccc(-n3ccnc3)cc2)CC1. The summed E-state index contributed by atoms with van der Waals surface area (Å²) in [5.74, 6) is 1.06. The average molecular weight is 351 g/mol. The van der Waals surface area contributed by atoms with Crippen molar-refractivity contribution >= 4 is 0 Å². The van der Waals surface area contributed by atoms with Gasteiger partial charge in [0.05, 0.1) is 6.33 Å². The fourth-order valence-corrected chi connectivity index (χ4v) is 3.74. The van der Waals surface area contributed by atoms with E-state index in [1.807, 2.05) is 34.9 Å². The molecule has 2 aromatic heterocycles. The average Bonchev–Trinajstić information content (AvgIpc) is 3.34. The van der Waals surface area contributed by atoms with Crippen LogP contribution in [-0.4, -0.2) is 42.2 Å². The molecule has 136 valence electrons. The van der Waals surface area contributed by atoms with Crippen molar-refractivity contribution in [3.63, 3.8) is 0 Å². The zero-order valence-corrected chi connectivity index (χ0v) is 15.1. The van der Waals surface area contributed by atoms with Gasteiger partial charge in [0.15, 0.2) is 0 Å². The van der Waals surface area contributed by atoms with Gasteiger partial charge in [-0.3, -0.25) is 4.90 Å². The van der Waals surface area contributed by atoms with Crippen LogP contribution in [0.1, 0.15) is 30.3 Å². The van der Waals surface area contributed by atoms with Crippen LogP contribution in [0.25, 0.3) is 5.69 Å². The highest BCUT2D eigenvalue weighted by Gasteiger charge is 2.28. The van der Waals surface area contributed by atoms with Crippen molar-refractivity contribution in [1.29, 1.82) is 0 Å². The number of imidazole rings is 2. The van der Waals surface area contributed by atoms with Crippen LogP contribution in [0.2, 0.25) is 0 Å². The number of rotatable bonds is 5. The molecule has 3 heterocycles. The number of likely N-dealkylation sites (tertiary alicyclic amines) is 1. The summed E-state index contributed by atoms with van der Waals surface area (Å²) in [7, 11) is 1.94. The lowest BCUT2D eigenvalue weighted by atomic mass is 9.90. The monoisotopic (exact) mass is 351 g/mol. The van der Waals surface area contributed by atoms with Gasteiger partial charge >= 0.3 is 0 Å². The van der Waals surface area contributed by atoms with Crippen LogP contribution in [0.5, 0.6) is 0 Å². The van der Waals surface area contributed by atoms with Gasteiger partial charge in [0, 0.05) is 44.1 Å². The van der Waals surface area contributed by atoms with E-state index in [0.717, 1.165) is 44.0 Å². The Labute approximate surface area is 153 Å². The second-order valence-corrected chi connectivity index (χ2v) is 7.09. The van der Waals surface area contributed by atoms with Gasteiger partial charge in [-0.25, -0.2) is 9.97 Å². The molecular weight excluding hydrogens is 326 g/mol. The van der Waals surface area contributed by atoms with Crippen LogP contribution < -0.4 is 0 Å². The molecule has 26 heavy (non-hydrogen) atoms. The molecule has 1 atom stereocenters. The van der Waals surface area contributed by atoms with Crippen LogP contribution in [0.3, 0.4) is 0 Å². The van der Waals surface area contributed by atoms with Gasteiger partial charge in [-0.2, -0.15) is 0 Å². The van der Waals surface area contributed by atoms with E-state index in [0.29, 0.717) is 0 Å². The zero-order valence-electron chi connectivity index (χ0n) is 15.1. The molecule has 3 aromatic rings. The highest BCUT2D eigenvalue weighted by atomic mass is 16.3. The van der Waals surface area contributed by atoms with Crippen molar-refractivity contribution in [3.05, 3.63) is 66.8 Å². The maximum atomic E-state index is 10.6. The van der Waals surface area contributed by atoms with Gasteiger partial charge in [-0.1, -0.05) is 12.1 Å². The van der Waals surface area contributed by atoms with E-state index in [-0.39, 0.29) is 5.92 Å². The Bertz CT molecular complexity index is 816. The summed E-state index contributed by atoms with van der Waals surface area (Å²) in [6.07, 6.45) is 10.7. The third-order valence-corrected chi connectivity index (χ3v) is 5.35. The number of aliphatic hydroxyl groups excluding tert-OH is 1. The number of benzene rings is 1. The number of aromatic nitrogens is 4.